The van der Waals surface area contributed by atoms with E-state index < -0.39 is 11.2 Å². The van der Waals surface area contributed by atoms with Crippen molar-refractivity contribution in [2.45, 2.75) is 0 Å². The Bertz CT molecular complexity index is 654. The van der Waals surface area contributed by atoms with Crippen molar-refractivity contribution in [3.05, 3.63) is 53.7 Å². The summed E-state index contributed by atoms with van der Waals surface area (Å²) in [5.41, 5.74) is -1.12. The van der Waals surface area contributed by atoms with Crippen LogP contribution in [0.2, 0.25) is 20.5 Å². The largest absolute Gasteiger partial charge is 0.325 e. The predicted molar refractivity (Wildman–Crippen MR) is 69.8 cm³/mol. The van der Waals surface area contributed by atoms with E-state index in [-0.39, 0.29) is 15.5 Å². The monoisotopic (exact) mass is 328 g/mol. The molecule has 2 heterocycles. The summed E-state index contributed by atoms with van der Waals surface area (Å²) in [6.07, 6.45) is 2.49. The van der Waals surface area contributed by atoms with Crippen LogP contribution in [0.4, 0.5) is 0 Å². The number of H-pyrrole nitrogens is 2. The first-order chi connectivity index (χ1) is 8.40. The highest BCUT2D eigenvalue weighted by Gasteiger charge is 1.98. The molecule has 0 amide bonds. The van der Waals surface area contributed by atoms with E-state index in [1.54, 1.807) is 0 Å². The fourth-order valence-corrected chi connectivity index (χ4v) is 1.22. The first kappa shape index (κ1) is 15.0. The summed E-state index contributed by atoms with van der Waals surface area (Å²) >= 11 is 21.5. The highest BCUT2D eigenvalue weighted by molar-refractivity contribution is 6.41. The maximum atomic E-state index is 10.4. The Balaban J connectivity index is 0.000000180. The third kappa shape index (κ3) is 4.66. The van der Waals surface area contributed by atoms with E-state index in [1.165, 1.54) is 6.20 Å². The molecule has 0 saturated carbocycles. The van der Waals surface area contributed by atoms with Crippen molar-refractivity contribution in [1.29, 1.82) is 0 Å². The van der Waals surface area contributed by atoms with E-state index in [0.717, 1.165) is 6.20 Å². The van der Waals surface area contributed by atoms with Gasteiger partial charge in [-0.05, 0) is 11.6 Å². The molecule has 10 heteroatoms. The molecule has 96 valence electrons. The van der Waals surface area contributed by atoms with Gasteiger partial charge in [-0.15, -0.1) is 0 Å². The summed E-state index contributed by atoms with van der Waals surface area (Å²) in [5.74, 6) is 0. The van der Waals surface area contributed by atoms with Crippen molar-refractivity contribution in [3.8, 4) is 0 Å². The summed E-state index contributed by atoms with van der Waals surface area (Å²) in [5, 5.41) is 0.566. The van der Waals surface area contributed by atoms with Gasteiger partial charge in [0.15, 0.2) is 5.15 Å². The van der Waals surface area contributed by atoms with Crippen LogP contribution in [0.1, 0.15) is 0 Å². The van der Waals surface area contributed by atoms with Gasteiger partial charge in [0.1, 0.15) is 5.02 Å². The van der Waals surface area contributed by atoms with Crippen LogP contribution in [0.25, 0.3) is 0 Å². The molecule has 18 heavy (non-hydrogen) atoms. The number of nitrogens with one attached hydrogen (secondary N) is 2. The summed E-state index contributed by atoms with van der Waals surface area (Å²) in [7, 11) is 0. The lowest BCUT2D eigenvalue weighted by Gasteiger charge is -1.90. The van der Waals surface area contributed by atoms with Crippen LogP contribution < -0.4 is 11.2 Å². The van der Waals surface area contributed by atoms with E-state index >= 15 is 0 Å². The van der Waals surface area contributed by atoms with Gasteiger partial charge < -0.3 is 4.98 Å². The minimum atomic E-state index is -0.569. The zero-order valence-corrected chi connectivity index (χ0v) is 11.4. The smallest absolute Gasteiger partial charge is 0.313 e. The fourth-order valence-electron chi connectivity index (χ4n) is 0.720. The molecule has 0 aliphatic carbocycles. The SMILES string of the molecule is Clc1ncc(Cl)c(Cl)n1.O=c1[nH]cc(Cl)c(=O)[nH]1. The molecule has 2 aromatic heterocycles. The molecule has 2 aromatic rings. The highest BCUT2D eigenvalue weighted by Crippen LogP contribution is 2.18. The Morgan fingerprint density at radius 3 is 2.17 bits per heavy atom. The molecule has 0 aliphatic heterocycles. The lowest BCUT2D eigenvalue weighted by Crippen LogP contribution is -2.20. The van der Waals surface area contributed by atoms with Crippen LogP contribution in [-0.4, -0.2) is 19.9 Å². The lowest BCUT2D eigenvalue weighted by atomic mass is 10.7. The number of aromatic nitrogens is 4. The van der Waals surface area contributed by atoms with Gasteiger partial charge in [0.2, 0.25) is 5.28 Å². The molecule has 0 aliphatic rings. The molecule has 0 spiro atoms. The van der Waals surface area contributed by atoms with Gasteiger partial charge in [0, 0.05) is 6.20 Å². The standard InChI is InChI=1S/C4HCl3N2.C4H3ClN2O2/c5-2-1-8-4(7)9-3(2)6;5-2-1-6-4(9)7-3(2)8/h1H;1H,(H2,6,7,8,9). The molecule has 6 nitrogen and oxygen atoms in total. The number of hydrogen-bond donors (Lipinski definition) is 2. The van der Waals surface area contributed by atoms with Crippen molar-refractivity contribution in [3.63, 3.8) is 0 Å². The molecule has 0 atom stereocenters. The van der Waals surface area contributed by atoms with Gasteiger partial charge in [-0.25, -0.2) is 14.8 Å². The topological polar surface area (TPSA) is 91.5 Å². The Labute approximate surface area is 120 Å². The number of rotatable bonds is 0. The van der Waals surface area contributed by atoms with Crippen LogP contribution in [0.15, 0.2) is 22.0 Å². The summed E-state index contributed by atoms with van der Waals surface area (Å²) in [4.78, 5) is 32.0. The van der Waals surface area contributed by atoms with Crippen LogP contribution in [0, 0.1) is 0 Å². The van der Waals surface area contributed by atoms with Gasteiger partial charge in [-0.3, -0.25) is 9.78 Å². The second-order valence-corrected chi connectivity index (χ2v) is 4.21. The van der Waals surface area contributed by atoms with Gasteiger partial charge >= 0.3 is 5.69 Å². The van der Waals surface area contributed by atoms with Gasteiger partial charge in [-0.1, -0.05) is 34.8 Å². The first-order valence-electron chi connectivity index (χ1n) is 4.21. The molecule has 0 radical (unpaired) electrons. The molecule has 0 fully saturated rings. The number of nitrogens with zero attached hydrogens (tertiary/aromatic N) is 2. The molecule has 0 aromatic carbocycles. The van der Waals surface area contributed by atoms with Crippen LogP contribution >= 0.6 is 46.4 Å². The summed E-state index contributed by atoms with van der Waals surface area (Å²) < 4.78 is 0. The molecular formula is C8H4Cl4N4O2. The fraction of sp³-hybridized carbons (Fsp3) is 0. The Hall–Kier alpha value is -1.08. The number of hydrogen-bond acceptors (Lipinski definition) is 4. The zero-order valence-electron chi connectivity index (χ0n) is 8.38. The van der Waals surface area contributed by atoms with Crippen molar-refractivity contribution >= 4 is 46.4 Å². The van der Waals surface area contributed by atoms with E-state index in [0.29, 0.717) is 5.02 Å². The second-order valence-electron chi connectivity index (χ2n) is 2.70. The van der Waals surface area contributed by atoms with Crippen LogP contribution in [0.5, 0.6) is 0 Å². The molecule has 0 saturated heterocycles. The summed E-state index contributed by atoms with van der Waals surface area (Å²) in [6.45, 7) is 0. The Morgan fingerprint density at radius 1 is 1.06 bits per heavy atom. The maximum absolute atomic E-state index is 10.4. The van der Waals surface area contributed by atoms with Crippen molar-refractivity contribution in [2.75, 3.05) is 0 Å². The first-order valence-corrected chi connectivity index (χ1v) is 5.72. The molecular weight excluding hydrogens is 326 g/mol. The summed E-state index contributed by atoms with van der Waals surface area (Å²) in [6, 6.07) is 0. The van der Waals surface area contributed by atoms with Crippen LogP contribution in [-0.2, 0) is 0 Å². The van der Waals surface area contributed by atoms with E-state index in [9.17, 15) is 9.59 Å². The second kappa shape index (κ2) is 6.75. The van der Waals surface area contributed by atoms with Crippen molar-refractivity contribution in [2.24, 2.45) is 0 Å². The molecule has 2 N–H and O–H groups in total. The number of halogens is 4. The Morgan fingerprint density at radius 2 is 1.72 bits per heavy atom. The van der Waals surface area contributed by atoms with Crippen molar-refractivity contribution in [1.82, 2.24) is 19.9 Å². The van der Waals surface area contributed by atoms with E-state index in [1.807, 2.05) is 4.98 Å². The third-order valence-electron chi connectivity index (χ3n) is 1.45. The minimum absolute atomic E-state index is 0.0189. The van der Waals surface area contributed by atoms with Gasteiger partial charge in [-0.2, -0.15) is 0 Å². The number of aromatic amines is 2. The molecule has 2 rings (SSSR count). The maximum Gasteiger partial charge on any atom is 0.325 e. The van der Waals surface area contributed by atoms with Crippen LogP contribution in [0.3, 0.4) is 0 Å². The molecule has 0 unspecified atom stereocenters. The average molecular weight is 330 g/mol. The lowest BCUT2D eigenvalue weighted by molar-refractivity contribution is 1.04. The predicted octanol–water partition coefficient (Wildman–Crippen LogP) is 2.15. The highest BCUT2D eigenvalue weighted by atomic mass is 35.5. The van der Waals surface area contributed by atoms with Crippen molar-refractivity contribution < 1.29 is 0 Å². The van der Waals surface area contributed by atoms with Gasteiger partial charge in [0.25, 0.3) is 5.56 Å². The van der Waals surface area contributed by atoms with E-state index in [4.69, 9.17) is 46.4 Å². The quantitative estimate of drug-likeness (QED) is 0.572. The minimum Gasteiger partial charge on any atom is -0.313 e. The zero-order chi connectivity index (χ0) is 13.7. The normalized spacial score (nSPS) is 9.56. The molecule has 0 bridgehead atoms. The Kier molecular flexibility index (Phi) is 5.61. The van der Waals surface area contributed by atoms with E-state index in [2.05, 4.69) is 15.0 Å². The van der Waals surface area contributed by atoms with Gasteiger partial charge in [0.05, 0.1) is 11.2 Å². The average Bonchev–Trinajstić information content (AvgIpc) is 2.30. The third-order valence-corrected chi connectivity index (χ3v) is 2.57.